The molecule has 0 aliphatic rings. The molecule has 0 bridgehead atoms. The highest BCUT2D eigenvalue weighted by Crippen LogP contribution is 2.21. The molecule has 1 N–H and O–H groups in total. The highest BCUT2D eigenvalue weighted by atomic mass is 79.9. The van der Waals surface area contributed by atoms with E-state index in [1.807, 2.05) is 4.72 Å². The minimum atomic E-state index is -3.92. The fourth-order valence-electron chi connectivity index (χ4n) is 1.59. The first kappa shape index (κ1) is 15.9. The summed E-state index contributed by atoms with van der Waals surface area (Å²) in [4.78, 5) is 15.5. The van der Waals surface area contributed by atoms with Gasteiger partial charge in [0, 0.05) is 21.9 Å². The second-order valence-corrected chi connectivity index (χ2v) is 7.14. The molecule has 8 heteroatoms. The van der Waals surface area contributed by atoms with Crippen molar-refractivity contribution in [1.82, 2.24) is 9.71 Å². The van der Waals surface area contributed by atoms with E-state index in [1.54, 1.807) is 18.2 Å². The highest BCUT2D eigenvalue weighted by Gasteiger charge is 2.18. The summed E-state index contributed by atoms with van der Waals surface area (Å²) >= 11 is 9.25. The zero-order valence-electron chi connectivity index (χ0n) is 10.6. The van der Waals surface area contributed by atoms with E-state index in [0.717, 1.165) is 4.47 Å². The van der Waals surface area contributed by atoms with Gasteiger partial charge in [-0.05, 0) is 29.8 Å². The molecule has 1 heterocycles. The highest BCUT2D eigenvalue weighted by molar-refractivity contribution is 9.10. The maximum atomic E-state index is 12.0. The molecule has 0 atom stereocenters. The summed E-state index contributed by atoms with van der Waals surface area (Å²) in [6.45, 7) is 0. The molecule has 0 aliphatic carbocycles. The van der Waals surface area contributed by atoms with E-state index in [9.17, 15) is 13.2 Å². The molecule has 1 amide bonds. The van der Waals surface area contributed by atoms with Crippen LogP contribution in [0.25, 0.3) is 0 Å². The molecular formula is C13H10BrClN2O3S. The molecule has 0 saturated carbocycles. The third kappa shape index (κ3) is 4.26. The number of rotatable bonds is 4. The number of nitrogens with one attached hydrogen (secondary N) is 1. The van der Waals surface area contributed by atoms with Crippen LogP contribution in [-0.4, -0.2) is 19.3 Å². The lowest BCUT2D eigenvalue weighted by Gasteiger charge is -2.07. The Morgan fingerprint density at radius 3 is 2.71 bits per heavy atom. The molecule has 0 unspecified atom stereocenters. The number of aromatic nitrogens is 1. The Hall–Kier alpha value is -1.44. The van der Waals surface area contributed by atoms with Gasteiger partial charge in [-0.15, -0.1) is 0 Å². The summed E-state index contributed by atoms with van der Waals surface area (Å²) in [5, 5.41) is 0.387. The van der Waals surface area contributed by atoms with Crippen molar-refractivity contribution in [3.8, 4) is 0 Å². The van der Waals surface area contributed by atoms with Gasteiger partial charge in [-0.3, -0.25) is 9.78 Å². The minimum Gasteiger partial charge on any atom is -0.274 e. The number of amides is 1. The van der Waals surface area contributed by atoms with Crippen LogP contribution in [0.1, 0.15) is 5.56 Å². The van der Waals surface area contributed by atoms with Crippen molar-refractivity contribution >= 4 is 43.5 Å². The van der Waals surface area contributed by atoms with Crippen LogP contribution in [0.15, 0.2) is 52.1 Å². The Morgan fingerprint density at radius 2 is 2.10 bits per heavy atom. The van der Waals surface area contributed by atoms with Crippen molar-refractivity contribution in [2.45, 2.75) is 11.3 Å². The first-order valence-corrected chi connectivity index (χ1v) is 8.43. The summed E-state index contributed by atoms with van der Waals surface area (Å²) in [5.41, 5.74) is 0.541. The lowest BCUT2D eigenvalue weighted by Crippen LogP contribution is -2.31. The summed E-state index contributed by atoms with van der Waals surface area (Å²) in [7, 11) is -3.92. The number of halogens is 2. The lowest BCUT2D eigenvalue weighted by molar-refractivity contribution is -0.118. The van der Waals surface area contributed by atoms with Crippen molar-refractivity contribution < 1.29 is 13.2 Å². The largest absolute Gasteiger partial charge is 0.274 e. The summed E-state index contributed by atoms with van der Waals surface area (Å²) in [6.07, 6.45) is 2.48. The normalized spacial score (nSPS) is 11.1. The second kappa shape index (κ2) is 6.55. The Kier molecular flexibility index (Phi) is 4.97. The predicted molar refractivity (Wildman–Crippen MR) is 82.4 cm³/mol. The van der Waals surface area contributed by atoms with Gasteiger partial charge in [0.2, 0.25) is 5.91 Å². The lowest BCUT2D eigenvalue weighted by atomic mass is 10.1. The molecule has 110 valence electrons. The summed E-state index contributed by atoms with van der Waals surface area (Å²) in [6, 6.07) is 7.85. The monoisotopic (exact) mass is 388 g/mol. The number of pyridine rings is 1. The van der Waals surface area contributed by atoms with E-state index in [2.05, 4.69) is 20.9 Å². The standard InChI is InChI=1S/C13H10BrClN2O3S/c14-10-4-3-9(12(15)7-10)6-13(18)17-21(19,20)11-2-1-5-16-8-11/h1-5,7-8H,6H2,(H,17,18). The zero-order valence-corrected chi connectivity index (χ0v) is 13.7. The van der Waals surface area contributed by atoms with Gasteiger partial charge >= 0.3 is 0 Å². The zero-order chi connectivity index (χ0) is 15.5. The Labute approximate surface area is 135 Å². The maximum Gasteiger partial charge on any atom is 0.265 e. The van der Waals surface area contributed by atoms with E-state index in [-0.39, 0.29) is 11.3 Å². The van der Waals surface area contributed by atoms with Crippen LogP contribution in [0.5, 0.6) is 0 Å². The molecule has 2 aromatic rings. The third-order valence-electron chi connectivity index (χ3n) is 2.56. The van der Waals surface area contributed by atoms with Crippen molar-refractivity contribution in [2.75, 3.05) is 0 Å². The number of sulfonamides is 1. The summed E-state index contributed by atoms with van der Waals surface area (Å²) < 4.78 is 26.7. The van der Waals surface area contributed by atoms with Crippen LogP contribution in [-0.2, 0) is 21.2 Å². The molecule has 0 saturated heterocycles. The molecule has 0 aliphatic heterocycles. The molecule has 0 spiro atoms. The van der Waals surface area contributed by atoms with E-state index in [1.165, 1.54) is 24.5 Å². The molecule has 5 nitrogen and oxygen atoms in total. The van der Waals surface area contributed by atoms with Gasteiger partial charge in [0.25, 0.3) is 10.0 Å². The van der Waals surface area contributed by atoms with Crippen LogP contribution in [0.3, 0.4) is 0 Å². The van der Waals surface area contributed by atoms with Crippen LogP contribution in [0, 0.1) is 0 Å². The summed E-state index contributed by atoms with van der Waals surface area (Å²) in [5.74, 6) is -0.664. The van der Waals surface area contributed by atoms with Crippen molar-refractivity contribution in [3.63, 3.8) is 0 Å². The Bertz CT molecular complexity index is 766. The molecule has 21 heavy (non-hydrogen) atoms. The Morgan fingerprint density at radius 1 is 1.33 bits per heavy atom. The topological polar surface area (TPSA) is 76.1 Å². The molecule has 0 fully saturated rings. The van der Waals surface area contributed by atoms with Crippen LogP contribution in [0.2, 0.25) is 5.02 Å². The number of carbonyl (C=O) groups excluding carboxylic acids is 1. The first-order valence-electron chi connectivity index (χ1n) is 5.78. The fourth-order valence-corrected chi connectivity index (χ4v) is 3.28. The van der Waals surface area contributed by atoms with Gasteiger partial charge in [0.05, 0.1) is 6.42 Å². The average molecular weight is 390 g/mol. The second-order valence-electron chi connectivity index (χ2n) is 4.13. The minimum absolute atomic E-state index is 0.0692. The van der Waals surface area contributed by atoms with Gasteiger partial charge in [-0.25, -0.2) is 13.1 Å². The molecule has 1 aromatic carbocycles. The number of hydrogen-bond donors (Lipinski definition) is 1. The van der Waals surface area contributed by atoms with Crippen LogP contribution >= 0.6 is 27.5 Å². The van der Waals surface area contributed by atoms with E-state index in [4.69, 9.17) is 11.6 Å². The van der Waals surface area contributed by atoms with E-state index in [0.29, 0.717) is 10.6 Å². The van der Waals surface area contributed by atoms with Crippen molar-refractivity contribution in [1.29, 1.82) is 0 Å². The number of benzene rings is 1. The van der Waals surface area contributed by atoms with E-state index >= 15 is 0 Å². The number of carbonyl (C=O) groups is 1. The van der Waals surface area contributed by atoms with Gasteiger partial charge in [-0.2, -0.15) is 0 Å². The van der Waals surface area contributed by atoms with Crippen molar-refractivity contribution in [3.05, 3.63) is 57.8 Å². The number of hydrogen-bond acceptors (Lipinski definition) is 4. The van der Waals surface area contributed by atoms with Crippen LogP contribution < -0.4 is 4.72 Å². The Balaban J connectivity index is 2.12. The molecular weight excluding hydrogens is 380 g/mol. The maximum absolute atomic E-state index is 12.0. The molecule has 0 radical (unpaired) electrons. The molecule has 2 rings (SSSR count). The third-order valence-corrected chi connectivity index (χ3v) is 4.76. The number of nitrogens with zero attached hydrogens (tertiary/aromatic N) is 1. The smallest absolute Gasteiger partial charge is 0.265 e. The van der Waals surface area contributed by atoms with Gasteiger partial charge in [0.15, 0.2) is 0 Å². The SMILES string of the molecule is O=C(Cc1ccc(Br)cc1Cl)NS(=O)(=O)c1cccnc1. The fraction of sp³-hybridized carbons (Fsp3) is 0.0769. The predicted octanol–water partition coefficient (Wildman–Crippen LogP) is 2.55. The first-order chi connectivity index (χ1) is 9.88. The molecule has 1 aromatic heterocycles. The quantitative estimate of drug-likeness (QED) is 0.872. The average Bonchev–Trinajstić information content (AvgIpc) is 2.42. The van der Waals surface area contributed by atoms with Gasteiger partial charge in [-0.1, -0.05) is 33.6 Å². The van der Waals surface area contributed by atoms with Crippen molar-refractivity contribution in [2.24, 2.45) is 0 Å². The van der Waals surface area contributed by atoms with Gasteiger partial charge < -0.3 is 0 Å². The van der Waals surface area contributed by atoms with Crippen LogP contribution in [0.4, 0.5) is 0 Å². The van der Waals surface area contributed by atoms with E-state index < -0.39 is 15.9 Å². The van der Waals surface area contributed by atoms with Gasteiger partial charge in [0.1, 0.15) is 4.90 Å².